The Hall–Kier alpha value is -2.99. The van der Waals surface area contributed by atoms with Crippen LogP contribution in [-0.4, -0.2) is 25.5 Å². The van der Waals surface area contributed by atoms with Crippen molar-refractivity contribution in [1.29, 1.82) is 0 Å². The van der Waals surface area contributed by atoms with Crippen molar-refractivity contribution in [2.24, 2.45) is 0 Å². The van der Waals surface area contributed by atoms with E-state index in [1.807, 2.05) is 60.8 Å². The predicted molar refractivity (Wildman–Crippen MR) is 95.1 cm³/mol. The first-order valence-corrected chi connectivity index (χ1v) is 7.96. The summed E-state index contributed by atoms with van der Waals surface area (Å²) in [6, 6.07) is 17.4. The van der Waals surface area contributed by atoms with E-state index >= 15 is 0 Å². The Morgan fingerprint density at radius 2 is 1.83 bits per heavy atom. The van der Waals surface area contributed by atoms with E-state index in [1.165, 1.54) is 0 Å². The van der Waals surface area contributed by atoms with Crippen LogP contribution in [0.2, 0.25) is 0 Å². The van der Waals surface area contributed by atoms with Gasteiger partial charge in [0.2, 0.25) is 11.6 Å². The summed E-state index contributed by atoms with van der Waals surface area (Å²) in [6.45, 7) is 0. The Balaban J connectivity index is 1.72. The van der Waals surface area contributed by atoms with Gasteiger partial charge in [0.05, 0.1) is 5.69 Å². The highest BCUT2D eigenvalue weighted by atomic mass is 32.1. The van der Waals surface area contributed by atoms with E-state index in [2.05, 4.69) is 15.2 Å². The van der Waals surface area contributed by atoms with Crippen molar-refractivity contribution < 1.29 is 4.79 Å². The van der Waals surface area contributed by atoms with E-state index in [4.69, 9.17) is 12.2 Å². The van der Waals surface area contributed by atoms with Crippen LogP contribution in [0.15, 0.2) is 60.8 Å². The van der Waals surface area contributed by atoms with Gasteiger partial charge in [-0.15, -0.1) is 0 Å². The SMILES string of the molecule is O=C(Cc1c[nH]c2ccccc12)c1n[nH]c(=S)n1-c1ccccc1. The van der Waals surface area contributed by atoms with Crippen molar-refractivity contribution in [3.05, 3.63) is 77.0 Å². The summed E-state index contributed by atoms with van der Waals surface area (Å²) in [6.07, 6.45) is 2.13. The molecule has 0 amide bonds. The van der Waals surface area contributed by atoms with Crippen molar-refractivity contribution in [2.75, 3.05) is 0 Å². The van der Waals surface area contributed by atoms with Crippen molar-refractivity contribution >= 4 is 28.9 Å². The topological polar surface area (TPSA) is 66.5 Å². The van der Waals surface area contributed by atoms with E-state index < -0.39 is 0 Å². The lowest BCUT2D eigenvalue weighted by Crippen LogP contribution is -2.11. The number of benzene rings is 2. The molecule has 0 spiro atoms. The summed E-state index contributed by atoms with van der Waals surface area (Å²) in [7, 11) is 0. The Labute approximate surface area is 143 Å². The van der Waals surface area contributed by atoms with Gasteiger partial charge in [-0.1, -0.05) is 36.4 Å². The smallest absolute Gasteiger partial charge is 0.204 e. The van der Waals surface area contributed by atoms with Crippen LogP contribution in [0.25, 0.3) is 16.6 Å². The number of Topliss-reactive ketones (excluding diaryl/α,β-unsaturated/α-hetero) is 1. The molecule has 2 aromatic carbocycles. The standard InChI is InChI=1S/C18H14N4OS/c23-16(10-12-11-19-15-9-5-4-8-14(12)15)17-20-21-18(24)22(17)13-6-2-1-3-7-13/h1-9,11,19H,10H2,(H,21,24). The van der Waals surface area contributed by atoms with Gasteiger partial charge in [-0.3, -0.25) is 14.5 Å². The number of nitrogens with one attached hydrogen (secondary N) is 2. The molecule has 0 fully saturated rings. The van der Waals surface area contributed by atoms with Crippen LogP contribution in [0.5, 0.6) is 0 Å². The lowest BCUT2D eigenvalue weighted by atomic mass is 10.1. The van der Waals surface area contributed by atoms with Crippen LogP contribution in [0.4, 0.5) is 0 Å². The predicted octanol–water partition coefficient (Wildman–Crippen LogP) is 3.84. The third-order valence-electron chi connectivity index (χ3n) is 3.96. The number of fused-ring (bicyclic) bond motifs is 1. The summed E-state index contributed by atoms with van der Waals surface area (Å²) in [4.78, 5) is 16.0. The molecule has 0 unspecified atom stereocenters. The molecule has 24 heavy (non-hydrogen) atoms. The molecular formula is C18H14N4OS. The molecule has 5 nitrogen and oxygen atoms in total. The number of aromatic amines is 2. The molecule has 0 radical (unpaired) electrons. The fourth-order valence-electron chi connectivity index (χ4n) is 2.83. The normalized spacial score (nSPS) is 11.0. The molecule has 118 valence electrons. The zero-order valence-electron chi connectivity index (χ0n) is 12.7. The van der Waals surface area contributed by atoms with Crippen molar-refractivity contribution in [3.63, 3.8) is 0 Å². The monoisotopic (exact) mass is 334 g/mol. The van der Waals surface area contributed by atoms with Crippen LogP contribution >= 0.6 is 12.2 Å². The average molecular weight is 334 g/mol. The number of para-hydroxylation sites is 2. The van der Waals surface area contributed by atoms with Gasteiger partial charge in [0.1, 0.15) is 0 Å². The third kappa shape index (κ3) is 2.47. The minimum atomic E-state index is -0.0871. The molecule has 0 aliphatic carbocycles. The van der Waals surface area contributed by atoms with Crippen LogP contribution in [0.3, 0.4) is 0 Å². The summed E-state index contributed by atoms with van der Waals surface area (Å²) in [5.41, 5.74) is 2.78. The van der Waals surface area contributed by atoms with Gasteiger partial charge in [0, 0.05) is 23.5 Å². The second-order valence-corrected chi connectivity index (χ2v) is 5.87. The Kier molecular flexibility index (Phi) is 3.59. The van der Waals surface area contributed by atoms with E-state index in [9.17, 15) is 4.79 Å². The molecule has 0 aliphatic rings. The number of hydrogen-bond acceptors (Lipinski definition) is 3. The molecule has 0 saturated heterocycles. The maximum absolute atomic E-state index is 12.8. The number of H-pyrrole nitrogens is 2. The number of ketones is 1. The lowest BCUT2D eigenvalue weighted by molar-refractivity contribution is 0.0981. The van der Waals surface area contributed by atoms with Crippen LogP contribution in [0.1, 0.15) is 16.2 Å². The van der Waals surface area contributed by atoms with E-state index in [1.54, 1.807) is 4.57 Å². The minimum Gasteiger partial charge on any atom is -0.361 e. The first kappa shape index (κ1) is 14.6. The largest absolute Gasteiger partial charge is 0.361 e. The van der Waals surface area contributed by atoms with Crippen LogP contribution < -0.4 is 0 Å². The van der Waals surface area contributed by atoms with Gasteiger partial charge in [-0.05, 0) is 36.0 Å². The van der Waals surface area contributed by atoms with Gasteiger partial charge >= 0.3 is 0 Å². The van der Waals surface area contributed by atoms with E-state index in [-0.39, 0.29) is 12.2 Å². The zero-order valence-corrected chi connectivity index (χ0v) is 13.5. The molecule has 0 bridgehead atoms. The summed E-state index contributed by atoms with van der Waals surface area (Å²) in [5.74, 6) is 0.229. The van der Waals surface area contributed by atoms with Gasteiger partial charge in [0.25, 0.3) is 0 Å². The van der Waals surface area contributed by atoms with Crippen molar-refractivity contribution in [3.8, 4) is 5.69 Å². The summed E-state index contributed by atoms with van der Waals surface area (Å²) >= 11 is 5.29. The highest BCUT2D eigenvalue weighted by Gasteiger charge is 2.18. The molecule has 0 aliphatic heterocycles. The highest BCUT2D eigenvalue weighted by Crippen LogP contribution is 2.20. The Morgan fingerprint density at radius 1 is 1.08 bits per heavy atom. The molecule has 6 heteroatoms. The molecule has 0 saturated carbocycles. The van der Waals surface area contributed by atoms with Gasteiger partial charge in [0.15, 0.2) is 4.77 Å². The minimum absolute atomic E-state index is 0.0871. The number of hydrogen-bond donors (Lipinski definition) is 2. The summed E-state index contributed by atoms with van der Waals surface area (Å²) < 4.78 is 2.08. The Morgan fingerprint density at radius 3 is 2.67 bits per heavy atom. The molecule has 2 heterocycles. The first-order valence-electron chi connectivity index (χ1n) is 7.55. The van der Waals surface area contributed by atoms with Gasteiger partial charge in [-0.2, -0.15) is 5.10 Å². The summed E-state index contributed by atoms with van der Waals surface area (Å²) in [5, 5.41) is 7.91. The fraction of sp³-hybridized carbons (Fsp3) is 0.0556. The number of carbonyl (C=O) groups excluding carboxylic acids is 1. The highest BCUT2D eigenvalue weighted by molar-refractivity contribution is 7.71. The maximum atomic E-state index is 12.8. The molecule has 4 aromatic rings. The number of nitrogens with zero attached hydrogens (tertiary/aromatic N) is 2. The first-order chi connectivity index (χ1) is 11.7. The van der Waals surface area contributed by atoms with Crippen molar-refractivity contribution in [1.82, 2.24) is 19.7 Å². The third-order valence-corrected chi connectivity index (χ3v) is 4.24. The zero-order chi connectivity index (χ0) is 16.5. The van der Waals surface area contributed by atoms with Crippen LogP contribution in [-0.2, 0) is 6.42 Å². The van der Waals surface area contributed by atoms with E-state index in [0.717, 1.165) is 22.2 Å². The molecular weight excluding hydrogens is 320 g/mol. The Bertz CT molecular complexity index is 1080. The van der Waals surface area contributed by atoms with E-state index in [0.29, 0.717) is 10.6 Å². The molecule has 2 N–H and O–H groups in total. The quantitative estimate of drug-likeness (QED) is 0.440. The average Bonchev–Trinajstić information content (AvgIpc) is 3.20. The van der Waals surface area contributed by atoms with Crippen molar-refractivity contribution in [2.45, 2.75) is 6.42 Å². The second-order valence-electron chi connectivity index (χ2n) is 5.48. The van der Waals surface area contributed by atoms with Crippen LogP contribution in [0, 0.1) is 4.77 Å². The second kappa shape index (κ2) is 5.90. The molecule has 2 aromatic heterocycles. The number of carbonyl (C=O) groups is 1. The van der Waals surface area contributed by atoms with Gasteiger partial charge in [-0.25, -0.2) is 0 Å². The fourth-order valence-corrected chi connectivity index (χ4v) is 3.07. The lowest BCUT2D eigenvalue weighted by Gasteiger charge is -2.05. The molecule has 4 rings (SSSR count). The number of aromatic nitrogens is 4. The molecule has 0 atom stereocenters. The maximum Gasteiger partial charge on any atom is 0.204 e. The van der Waals surface area contributed by atoms with Gasteiger partial charge < -0.3 is 4.98 Å². The number of rotatable bonds is 4.